The fourth-order valence-corrected chi connectivity index (χ4v) is 9.69. The molecule has 0 fully saturated rings. The Labute approximate surface area is 310 Å². The van der Waals surface area contributed by atoms with E-state index in [0.29, 0.717) is 22.7 Å². The van der Waals surface area contributed by atoms with Gasteiger partial charge in [0.25, 0.3) is 5.91 Å². The number of aliphatic carboxylic acids is 1. The number of hydrogen-bond acceptors (Lipinski definition) is 9. The van der Waals surface area contributed by atoms with E-state index in [-0.39, 0.29) is 22.2 Å². The molecule has 1 heterocycles. The standard InChI is InChI=1S/C38H49N3O7S3/c1-5-7-19-38(20-8-6-2)25-41(28-17-13-10-14-18-28)30-21-32(50-4)31(22-33(30)51(46,47)26-38)48-23-34(42)40-35(27-15-11-9-12-16-27)36(43)39-29(24-49-3)37(44)45/h9-18,21-22,29,35H,5-8,19-20,23-26H2,1-4H3,(H,39,43)(H,40,42)(H,44,45)/t29-,35?/m0/s1. The molecule has 10 nitrogen and oxygen atoms in total. The zero-order valence-electron chi connectivity index (χ0n) is 29.7. The number of carbonyl (C=O) groups excluding carboxylic acids is 2. The van der Waals surface area contributed by atoms with E-state index in [1.165, 1.54) is 29.6 Å². The fraction of sp³-hybridized carbons (Fsp3) is 0.447. The number of thioether (sulfide) groups is 2. The number of sulfone groups is 1. The lowest BCUT2D eigenvalue weighted by Crippen LogP contribution is -2.49. The number of benzene rings is 3. The van der Waals surface area contributed by atoms with Gasteiger partial charge in [-0.25, -0.2) is 13.2 Å². The van der Waals surface area contributed by atoms with Gasteiger partial charge in [-0.2, -0.15) is 11.8 Å². The largest absolute Gasteiger partial charge is 0.483 e. The molecule has 1 aliphatic heterocycles. The smallest absolute Gasteiger partial charge is 0.327 e. The summed E-state index contributed by atoms with van der Waals surface area (Å²) in [5.41, 5.74) is 1.49. The van der Waals surface area contributed by atoms with Gasteiger partial charge in [0.05, 0.1) is 21.2 Å². The summed E-state index contributed by atoms with van der Waals surface area (Å²) in [6, 6.07) is 19.4. The number of nitrogens with one attached hydrogen (secondary N) is 2. The summed E-state index contributed by atoms with van der Waals surface area (Å²) in [5, 5.41) is 14.8. The number of carboxylic acids is 1. The Bertz CT molecular complexity index is 1730. The molecule has 2 amide bonds. The molecule has 1 unspecified atom stereocenters. The maximum absolute atomic E-state index is 14.4. The van der Waals surface area contributed by atoms with Crippen LogP contribution in [0.1, 0.15) is 64.0 Å². The van der Waals surface area contributed by atoms with Crippen molar-refractivity contribution in [2.24, 2.45) is 5.41 Å². The van der Waals surface area contributed by atoms with Gasteiger partial charge in [-0.3, -0.25) is 9.59 Å². The van der Waals surface area contributed by atoms with Gasteiger partial charge in [0.15, 0.2) is 16.4 Å². The number of carboxylic acid groups (broad SMARTS) is 1. The molecule has 51 heavy (non-hydrogen) atoms. The predicted molar refractivity (Wildman–Crippen MR) is 206 cm³/mol. The summed E-state index contributed by atoms with van der Waals surface area (Å²) in [7, 11) is -3.80. The van der Waals surface area contributed by atoms with Crippen molar-refractivity contribution in [1.82, 2.24) is 10.6 Å². The zero-order valence-corrected chi connectivity index (χ0v) is 32.2. The topological polar surface area (TPSA) is 142 Å². The third kappa shape index (κ3) is 10.4. The molecule has 3 aromatic carbocycles. The van der Waals surface area contributed by atoms with Gasteiger partial charge in [-0.05, 0) is 49.1 Å². The molecular formula is C38H49N3O7S3. The van der Waals surface area contributed by atoms with Crippen LogP contribution in [0, 0.1) is 5.41 Å². The lowest BCUT2D eigenvalue weighted by Gasteiger charge is -2.37. The number of rotatable bonds is 18. The Morgan fingerprint density at radius 3 is 2.14 bits per heavy atom. The molecule has 1 aliphatic rings. The minimum Gasteiger partial charge on any atom is -0.483 e. The van der Waals surface area contributed by atoms with E-state index in [4.69, 9.17) is 4.74 Å². The second-order valence-electron chi connectivity index (χ2n) is 12.9. The molecule has 0 spiro atoms. The van der Waals surface area contributed by atoms with Crippen LogP contribution in [0.4, 0.5) is 11.4 Å². The number of anilines is 2. The molecule has 2 atom stereocenters. The molecule has 3 aromatic rings. The van der Waals surface area contributed by atoms with Gasteiger partial charge in [0.1, 0.15) is 17.8 Å². The average molecular weight is 756 g/mol. The first kappa shape index (κ1) is 40.1. The first-order valence-corrected chi connectivity index (χ1v) is 21.5. The Morgan fingerprint density at radius 2 is 1.57 bits per heavy atom. The second-order valence-corrected chi connectivity index (χ2v) is 16.6. The lowest BCUT2D eigenvalue weighted by atomic mass is 9.79. The van der Waals surface area contributed by atoms with E-state index in [9.17, 15) is 27.9 Å². The Morgan fingerprint density at radius 1 is 0.941 bits per heavy atom. The number of hydrogen-bond donors (Lipinski definition) is 3. The van der Waals surface area contributed by atoms with Crippen molar-refractivity contribution in [2.75, 3.05) is 42.1 Å². The lowest BCUT2D eigenvalue weighted by molar-refractivity contribution is -0.141. The van der Waals surface area contributed by atoms with E-state index in [2.05, 4.69) is 29.4 Å². The van der Waals surface area contributed by atoms with E-state index in [1.807, 2.05) is 42.7 Å². The highest BCUT2D eigenvalue weighted by molar-refractivity contribution is 7.99. The first-order chi connectivity index (χ1) is 24.5. The predicted octanol–water partition coefficient (Wildman–Crippen LogP) is 6.87. The maximum atomic E-state index is 14.4. The van der Waals surface area contributed by atoms with Crippen molar-refractivity contribution in [3.8, 4) is 5.75 Å². The van der Waals surface area contributed by atoms with E-state index in [1.54, 1.807) is 36.6 Å². The average Bonchev–Trinajstić information content (AvgIpc) is 3.22. The molecule has 0 saturated carbocycles. The number of carbonyl (C=O) groups is 3. The second kappa shape index (κ2) is 18.7. The minimum absolute atomic E-state index is 0.0105. The summed E-state index contributed by atoms with van der Waals surface area (Å²) >= 11 is 2.66. The summed E-state index contributed by atoms with van der Waals surface area (Å²) in [6.45, 7) is 4.30. The Hall–Kier alpha value is -3.68. The molecule has 0 aromatic heterocycles. The van der Waals surface area contributed by atoms with Gasteiger partial charge in [-0.1, -0.05) is 88.1 Å². The van der Waals surface area contributed by atoms with Crippen LogP contribution in [0.3, 0.4) is 0 Å². The number of nitrogens with zero attached hydrogens (tertiary/aromatic N) is 1. The SMILES string of the molecule is CCCCC1(CCCC)CN(c2ccccc2)c2cc(SC)c(OCC(=O)NC(C(=O)N[C@@H](CSC)C(=O)O)c3ccccc3)cc2S(=O)(=O)C1. The third-order valence-corrected chi connectivity index (χ3v) is 12.5. The highest BCUT2D eigenvalue weighted by atomic mass is 32.2. The van der Waals surface area contributed by atoms with Crippen molar-refractivity contribution < 1.29 is 32.6 Å². The summed E-state index contributed by atoms with van der Waals surface area (Å²) in [5.74, 6) is -2.08. The summed E-state index contributed by atoms with van der Waals surface area (Å²) in [4.78, 5) is 41.4. The first-order valence-electron chi connectivity index (χ1n) is 17.2. The van der Waals surface area contributed by atoms with Crippen LogP contribution in [0.2, 0.25) is 0 Å². The fourth-order valence-electron chi connectivity index (χ4n) is 6.47. The maximum Gasteiger partial charge on any atom is 0.327 e. The molecule has 0 bridgehead atoms. The normalized spacial score (nSPS) is 15.9. The Balaban J connectivity index is 1.67. The van der Waals surface area contributed by atoms with Gasteiger partial charge in [-0.15, -0.1) is 11.8 Å². The van der Waals surface area contributed by atoms with Crippen LogP contribution in [0.25, 0.3) is 0 Å². The molecule has 276 valence electrons. The monoisotopic (exact) mass is 755 g/mol. The molecule has 0 aliphatic carbocycles. The van der Waals surface area contributed by atoms with Crippen LogP contribution in [0.15, 0.2) is 82.6 Å². The Kier molecular flexibility index (Phi) is 14.7. The molecule has 13 heteroatoms. The van der Waals surface area contributed by atoms with Crippen LogP contribution in [0.5, 0.6) is 5.75 Å². The number of amides is 2. The highest BCUT2D eigenvalue weighted by Gasteiger charge is 2.42. The summed E-state index contributed by atoms with van der Waals surface area (Å²) in [6.07, 6.45) is 8.96. The highest BCUT2D eigenvalue weighted by Crippen LogP contribution is 2.47. The number of unbranched alkanes of at least 4 members (excludes halogenated alkanes) is 2. The quantitative estimate of drug-likeness (QED) is 0.118. The number of para-hydroxylation sites is 1. The molecular weight excluding hydrogens is 707 g/mol. The van der Waals surface area contributed by atoms with Crippen LogP contribution in [-0.2, 0) is 24.2 Å². The van der Waals surface area contributed by atoms with Crippen LogP contribution in [-0.4, -0.2) is 74.5 Å². The van der Waals surface area contributed by atoms with E-state index < -0.39 is 51.7 Å². The van der Waals surface area contributed by atoms with Crippen molar-refractivity contribution in [3.05, 3.63) is 78.4 Å². The third-order valence-electron chi connectivity index (χ3n) is 9.06. The molecule has 0 radical (unpaired) electrons. The van der Waals surface area contributed by atoms with Crippen LogP contribution >= 0.6 is 23.5 Å². The van der Waals surface area contributed by atoms with E-state index >= 15 is 0 Å². The van der Waals surface area contributed by atoms with Gasteiger partial charge < -0.3 is 25.4 Å². The van der Waals surface area contributed by atoms with Crippen molar-refractivity contribution in [3.63, 3.8) is 0 Å². The zero-order chi connectivity index (χ0) is 37.0. The van der Waals surface area contributed by atoms with Crippen molar-refractivity contribution in [1.29, 1.82) is 0 Å². The molecule has 4 rings (SSSR count). The van der Waals surface area contributed by atoms with E-state index in [0.717, 1.165) is 44.2 Å². The number of ether oxygens (including phenoxy) is 1. The number of fused-ring (bicyclic) bond motifs is 1. The molecule has 3 N–H and O–H groups in total. The summed E-state index contributed by atoms with van der Waals surface area (Å²) < 4.78 is 34.9. The van der Waals surface area contributed by atoms with Gasteiger partial charge in [0, 0.05) is 29.5 Å². The minimum atomic E-state index is -3.80. The van der Waals surface area contributed by atoms with Gasteiger partial charge in [0.2, 0.25) is 5.91 Å². The molecule has 0 saturated heterocycles. The van der Waals surface area contributed by atoms with Crippen molar-refractivity contribution >= 4 is 62.5 Å². The van der Waals surface area contributed by atoms with Gasteiger partial charge >= 0.3 is 5.97 Å². The van der Waals surface area contributed by atoms with Crippen LogP contribution < -0.4 is 20.3 Å². The van der Waals surface area contributed by atoms with Crippen molar-refractivity contribution in [2.45, 2.75) is 74.2 Å².